The van der Waals surface area contributed by atoms with Crippen LogP contribution in [0.15, 0.2) is 53.0 Å². The fourth-order valence-corrected chi connectivity index (χ4v) is 3.87. The van der Waals surface area contributed by atoms with Gasteiger partial charge in [0.25, 0.3) is 5.91 Å². The molecule has 1 aliphatic rings. The van der Waals surface area contributed by atoms with Crippen LogP contribution in [0.2, 0.25) is 0 Å². The van der Waals surface area contributed by atoms with Crippen LogP contribution in [0.4, 0.5) is 11.4 Å². The second-order valence-electron chi connectivity index (χ2n) is 6.47. The molecule has 3 rings (SSSR count). The molecule has 0 aliphatic carbocycles. The highest BCUT2D eigenvalue weighted by atomic mass is 79.9. The van der Waals surface area contributed by atoms with Gasteiger partial charge in [-0.3, -0.25) is 10.1 Å². The molecule has 6 heteroatoms. The first-order valence-corrected chi connectivity index (χ1v) is 9.98. The number of halogens is 1. The molecule has 1 amide bonds. The van der Waals surface area contributed by atoms with E-state index in [-0.39, 0.29) is 11.0 Å². The summed E-state index contributed by atoms with van der Waals surface area (Å²) in [6.45, 7) is 3.38. The van der Waals surface area contributed by atoms with Gasteiger partial charge >= 0.3 is 0 Å². The molecule has 4 nitrogen and oxygen atoms in total. The van der Waals surface area contributed by atoms with E-state index in [0.717, 1.165) is 16.7 Å². The van der Waals surface area contributed by atoms with E-state index in [1.807, 2.05) is 30.3 Å². The summed E-state index contributed by atoms with van der Waals surface area (Å²) in [5.74, 6) is -0.242. The molecule has 0 saturated carbocycles. The molecule has 2 N–H and O–H groups in total. The summed E-state index contributed by atoms with van der Waals surface area (Å²) in [5.41, 5.74) is 2.63. The average molecular weight is 432 g/mol. The molecule has 0 unspecified atom stereocenters. The Morgan fingerprint density at radius 2 is 1.88 bits per heavy atom. The molecular weight excluding hydrogens is 410 g/mol. The third-order valence-electron chi connectivity index (χ3n) is 4.61. The average Bonchev–Trinajstić information content (AvgIpc) is 2.63. The number of carbonyl (C=O) groups is 1. The van der Waals surface area contributed by atoms with Gasteiger partial charge in [0.05, 0.1) is 5.56 Å². The Morgan fingerprint density at radius 3 is 2.58 bits per heavy atom. The molecule has 26 heavy (non-hydrogen) atoms. The highest BCUT2D eigenvalue weighted by Gasteiger charge is 2.18. The van der Waals surface area contributed by atoms with Crippen molar-refractivity contribution in [3.63, 3.8) is 0 Å². The molecule has 0 aromatic heterocycles. The molecule has 0 spiro atoms. The first-order valence-electron chi connectivity index (χ1n) is 8.78. The number of piperidine rings is 1. The first-order chi connectivity index (χ1) is 12.5. The van der Waals surface area contributed by atoms with E-state index in [9.17, 15) is 4.79 Å². The van der Waals surface area contributed by atoms with Crippen LogP contribution in [-0.4, -0.2) is 23.6 Å². The number of rotatable bonds is 3. The lowest BCUT2D eigenvalue weighted by Crippen LogP contribution is -2.37. The maximum Gasteiger partial charge on any atom is 0.258 e. The fourth-order valence-electron chi connectivity index (χ4n) is 3.20. The molecule has 1 saturated heterocycles. The van der Waals surface area contributed by atoms with E-state index in [2.05, 4.69) is 50.5 Å². The van der Waals surface area contributed by atoms with Gasteiger partial charge in [-0.2, -0.15) is 0 Å². The van der Waals surface area contributed by atoms with Crippen molar-refractivity contribution >= 4 is 50.5 Å². The van der Waals surface area contributed by atoms with Crippen LogP contribution in [0.3, 0.4) is 0 Å². The predicted octanol–water partition coefficient (Wildman–Crippen LogP) is 4.95. The molecule has 0 radical (unpaired) electrons. The summed E-state index contributed by atoms with van der Waals surface area (Å²) in [4.78, 5) is 14.7. The monoisotopic (exact) mass is 431 g/mol. The van der Waals surface area contributed by atoms with Gasteiger partial charge in [-0.05, 0) is 90.7 Å². The fraction of sp³-hybridized carbons (Fsp3) is 0.300. The topological polar surface area (TPSA) is 44.4 Å². The lowest BCUT2D eigenvalue weighted by molar-refractivity contribution is 0.0977. The Kier molecular flexibility index (Phi) is 6.27. The van der Waals surface area contributed by atoms with Crippen molar-refractivity contribution in [2.24, 2.45) is 0 Å². The Bertz CT molecular complexity index is 794. The van der Waals surface area contributed by atoms with Gasteiger partial charge in [0, 0.05) is 28.4 Å². The molecule has 2 aromatic carbocycles. The Hall–Kier alpha value is -1.92. The summed E-state index contributed by atoms with van der Waals surface area (Å²) in [6, 6.07) is 16.0. The highest BCUT2D eigenvalue weighted by molar-refractivity contribution is 9.10. The number of benzene rings is 2. The van der Waals surface area contributed by atoms with Crippen LogP contribution in [0.1, 0.15) is 36.5 Å². The van der Waals surface area contributed by atoms with Crippen LogP contribution >= 0.6 is 28.1 Å². The van der Waals surface area contributed by atoms with Crippen molar-refractivity contribution in [3.8, 4) is 0 Å². The highest BCUT2D eigenvalue weighted by Crippen LogP contribution is 2.25. The second kappa shape index (κ2) is 8.64. The van der Waals surface area contributed by atoms with Crippen molar-refractivity contribution in [3.05, 3.63) is 58.6 Å². The number of hydrogen-bond donors (Lipinski definition) is 2. The van der Waals surface area contributed by atoms with Crippen molar-refractivity contribution in [1.82, 2.24) is 5.32 Å². The van der Waals surface area contributed by atoms with Gasteiger partial charge in [-0.15, -0.1) is 0 Å². The lowest BCUT2D eigenvalue weighted by atomic mass is 10.0. The molecule has 1 heterocycles. The zero-order valence-electron chi connectivity index (χ0n) is 14.7. The zero-order chi connectivity index (χ0) is 18.5. The Labute approximate surface area is 168 Å². The number of thiocarbonyl (C=S) groups is 1. The number of nitrogens with one attached hydrogen (secondary N) is 2. The van der Waals surface area contributed by atoms with Gasteiger partial charge < -0.3 is 10.2 Å². The summed E-state index contributed by atoms with van der Waals surface area (Å²) in [6.07, 6.45) is 3.80. The molecular formula is C20H22BrN3OS. The second-order valence-corrected chi connectivity index (χ2v) is 7.74. The standard InChI is InChI=1S/C20H22BrN3OS/c1-14-6-4-5-13-24(14)16-11-9-15(10-12-16)22-20(26)23-19(25)17-7-2-3-8-18(17)21/h2-3,7-12,14H,4-6,13H2,1H3,(H2,22,23,25,26)/t14-/m1/s1. The van der Waals surface area contributed by atoms with Gasteiger partial charge in [0.15, 0.2) is 5.11 Å². The SMILES string of the molecule is C[C@@H]1CCCCN1c1ccc(NC(=S)NC(=O)c2ccccc2Br)cc1. The van der Waals surface area contributed by atoms with Crippen molar-refractivity contribution in [2.45, 2.75) is 32.2 Å². The minimum atomic E-state index is -0.242. The van der Waals surface area contributed by atoms with E-state index in [1.54, 1.807) is 6.07 Å². The van der Waals surface area contributed by atoms with Gasteiger partial charge in [-0.25, -0.2) is 0 Å². The Balaban J connectivity index is 1.59. The summed E-state index contributed by atoms with van der Waals surface area (Å²) in [7, 11) is 0. The van der Waals surface area contributed by atoms with E-state index < -0.39 is 0 Å². The maximum atomic E-state index is 12.3. The van der Waals surface area contributed by atoms with E-state index in [1.165, 1.54) is 24.9 Å². The van der Waals surface area contributed by atoms with Crippen molar-refractivity contribution in [2.75, 3.05) is 16.8 Å². The molecule has 1 fully saturated rings. The van der Waals surface area contributed by atoms with Crippen molar-refractivity contribution < 1.29 is 4.79 Å². The molecule has 1 atom stereocenters. The van der Waals surface area contributed by atoms with E-state index >= 15 is 0 Å². The number of hydrogen-bond acceptors (Lipinski definition) is 3. The smallest absolute Gasteiger partial charge is 0.258 e. The van der Waals surface area contributed by atoms with Crippen molar-refractivity contribution in [1.29, 1.82) is 0 Å². The van der Waals surface area contributed by atoms with Gasteiger partial charge in [-0.1, -0.05) is 12.1 Å². The summed E-state index contributed by atoms with van der Waals surface area (Å²) >= 11 is 8.64. The molecule has 0 bridgehead atoms. The lowest BCUT2D eigenvalue weighted by Gasteiger charge is -2.35. The minimum Gasteiger partial charge on any atom is -0.369 e. The number of carbonyl (C=O) groups excluding carboxylic acids is 1. The van der Waals surface area contributed by atoms with Crippen LogP contribution in [0, 0.1) is 0 Å². The van der Waals surface area contributed by atoms with Gasteiger partial charge in [0.1, 0.15) is 0 Å². The number of anilines is 2. The third-order valence-corrected chi connectivity index (χ3v) is 5.50. The summed E-state index contributed by atoms with van der Waals surface area (Å²) in [5, 5.41) is 6.06. The zero-order valence-corrected chi connectivity index (χ0v) is 17.1. The van der Waals surface area contributed by atoms with Crippen LogP contribution in [-0.2, 0) is 0 Å². The number of amides is 1. The van der Waals surface area contributed by atoms with Crippen LogP contribution in [0.5, 0.6) is 0 Å². The normalized spacial score (nSPS) is 16.8. The molecule has 1 aliphatic heterocycles. The molecule has 2 aromatic rings. The number of nitrogens with zero attached hydrogens (tertiary/aromatic N) is 1. The maximum absolute atomic E-state index is 12.3. The third kappa shape index (κ3) is 4.62. The van der Waals surface area contributed by atoms with Crippen LogP contribution in [0.25, 0.3) is 0 Å². The minimum absolute atomic E-state index is 0.242. The van der Waals surface area contributed by atoms with E-state index in [0.29, 0.717) is 11.6 Å². The van der Waals surface area contributed by atoms with Crippen LogP contribution < -0.4 is 15.5 Å². The molecule has 136 valence electrons. The van der Waals surface area contributed by atoms with Gasteiger partial charge in [0.2, 0.25) is 0 Å². The summed E-state index contributed by atoms with van der Waals surface area (Å²) < 4.78 is 0.736. The Morgan fingerprint density at radius 1 is 1.15 bits per heavy atom. The first kappa shape index (κ1) is 18.9. The van der Waals surface area contributed by atoms with E-state index in [4.69, 9.17) is 12.2 Å². The quantitative estimate of drug-likeness (QED) is 0.674. The predicted molar refractivity (Wildman–Crippen MR) is 115 cm³/mol. The largest absolute Gasteiger partial charge is 0.369 e.